The zero-order valence-electron chi connectivity index (χ0n) is 15.5. The molecule has 9 heteroatoms. The highest BCUT2D eigenvalue weighted by Crippen LogP contribution is 2.26. The molecule has 0 aliphatic heterocycles. The quantitative estimate of drug-likeness (QED) is 0.596. The summed E-state index contributed by atoms with van der Waals surface area (Å²) in [5, 5.41) is 3.41. The maximum atomic E-state index is 12.5. The number of anilines is 1. The van der Waals surface area contributed by atoms with Crippen LogP contribution in [0.25, 0.3) is 0 Å². The summed E-state index contributed by atoms with van der Waals surface area (Å²) in [7, 11) is -3.80. The summed E-state index contributed by atoms with van der Waals surface area (Å²) >= 11 is 11.7. The Morgan fingerprint density at radius 2 is 1.79 bits per heavy atom. The molecule has 0 aliphatic rings. The molecule has 6 nitrogen and oxygen atoms in total. The average molecular weight is 445 g/mol. The molecule has 2 aromatic rings. The van der Waals surface area contributed by atoms with E-state index in [1.165, 1.54) is 42.5 Å². The van der Waals surface area contributed by atoms with Gasteiger partial charge in [-0.25, -0.2) is 8.42 Å². The zero-order chi connectivity index (χ0) is 20.7. The Labute approximate surface area is 175 Å². The van der Waals surface area contributed by atoms with Crippen molar-refractivity contribution in [1.29, 1.82) is 0 Å². The van der Waals surface area contributed by atoms with Crippen LogP contribution in [-0.4, -0.2) is 27.0 Å². The number of nitrogens with one attached hydrogen (secondary N) is 2. The van der Waals surface area contributed by atoms with Crippen molar-refractivity contribution in [2.75, 3.05) is 11.3 Å². The minimum Gasteiger partial charge on any atom is -0.484 e. The molecule has 0 unspecified atom stereocenters. The monoisotopic (exact) mass is 444 g/mol. The van der Waals surface area contributed by atoms with Gasteiger partial charge in [0.1, 0.15) is 5.75 Å². The predicted molar refractivity (Wildman–Crippen MR) is 112 cm³/mol. The third kappa shape index (κ3) is 6.58. The molecule has 2 N–H and O–H groups in total. The second kappa shape index (κ2) is 10.0. The van der Waals surface area contributed by atoms with Crippen LogP contribution in [0.3, 0.4) is 0 Å². The van der Waals surface area contributed by atoms with Crippen LogP contribution in [0.1, 0.15) is 26.7 Å². The second-order valence-electron chi connectivity index (χ2n) is 6.25. The normalized spacial score (nSPS) is 12.3. The van der Waals surface area contributed by atoms with Gasteiger partial charge < -0.3 is 10.1 Å². The van der Waals surface area contributed by atoms with Crippen molar-refractivity contribution in [3.63, 3.8) is 0 Å². The number of rotatable bonds is 9. The number of ether oxygens (including phenoxy) is 1. The van der Waals surface area contributed by atoms with Gasteiger partial charge in [-0.2, -0.15) is 0 Å². The number of halogens is 2. The molecule has 0 heterocycles. The number of benzene rings is 2. The summed E-state index contributed by atoms with van der Waals surface area (Å²) in [4.78, 5) is 11.9. The van der Waals surface area contributed by atoms with E-state index in [9.17, 15) is 13.2 Å². The van der Waals surface area contributed by atoms with Crippen LogP contribution in [-0.2, 0) is 14.8 Å². The number of hydrogen-bond acceptors (Lipinski definition) is 4. The Balaban J connectivity index is 1.97. The van der Waals surface area contributed by atoms with E-state index in [1.807, 2.05) is 13.8 Å². The minimum absolute atomic E-state index is 0.0481. The number of amides is 1. The van der Waals surface area contributed by atoms with Crippen LogP contribution in [0.4, 0.5) is 5.69 Å². The molecule has 0 saturated heterocycles. The molecular weight excluding hydrogens is 423 g/mol. The van der Waals surface area contributed by atoms with E-state index >= 15 is 0 Å². The number of carbonyl (C=O) groups is 1. The lowest BCUT2D eigenvalue weighted by Gasteiger charge is -2.13. The molecular formula is C19H22Cl2N2O4S. The lowest BCUT2D eigenvalue weighted by Crippen LogP contribution is -2.35. The van der Waals surface area contributed by atoms with Crippen LogP contribution in [0.2, 0.25) is 10.0 Å². The van der Waals surface area contributed by atoms with Crippen molar-refractivity contribution in [3.8, 4) is 5.75 Å². The van der Waals surface area contributed by atoms with Crippen molar-refractivity contribution in [3.05, 3.63) is 52.5 Å². The van der Waals surface area contributed by atoms with Crippen LogP contribution < -0.4 is 14.8 Å². The molecule has 28 heavy (non-hydrogen) atoms. The second-order valence-corrected chi connectivity index (χ2v) is 8.75. The molecule has 2 aromatic carbocycles. The van der Waals surface area contributed by atoms with Crippen molar-refractivity contribution < 1.29 is 17.9 Å². The third-order valence-corrected chi connectivity index (χ3v) is 5.94. The van der Waals surface area contributed by atoms with Crippen molar-refractivity contribution >= 4 is 44.8 Å². The van der Waals surface area contributed by atoms with Gasteiger partial charge in [0.05, 0.1) is 20.6 Å². The molecule has 0 aliphatic carbocycles. The van der Waals surface area contributed by atoms with Gasteiger partial charge in [0.2, 0.25) is 0 Å². The Bertz CT molecular complexity index is 918. The molecule has 0 radical (unpaired) electrons. The third-order valence-electron chi connectivity index (χ3n) is 3.80. The number of carbonyl (C=O) groups excluding carboxylic acids is 1. The first-order valence-corrected chi connectivity index (χ1v) is 10.9. The topological polar surface area (TPSA) is 84.5 Å². The van der Waals surface area contributed by atoms with Gasteiger partial charge in [0.25, 0.3) is 15.9 Å². The first kappa shape index (κ1) is 22.3. The maximum Gasteiger partial charge on any atom is 0.261 e. The van der Waals surface area contributed by atoms with E-state index in [4.69, 9.17) is 27.9 Å². The molecule has 1 atom stereocenters. The summed E-state index contributed by atoms with van der Waals surface area (Å²) in [6, 6.07) is 10.3. The number of hydrogen-bond donors (Lipinski definition) is 2. The zero-order valence-corrected chi connectivity index (χ0v) is 17.9. The molecule has 2 rings (SSSR count). The minimum atomic E-state index is -3.80. The summed E-state index contributed by atoms with van der Waals surface area (Å²) in [6.45, 7) is 3.84. The standard InChI is InChI=1S/C19H22Cl2N2O4S/c1-3-4-13(2)22-19(24)12-27-15-6-8-16(9-7-15)28(25,26)23-14-5-10-17(20)18(21)11-14/h5-11,13,23H,3-4,12H2,1-2H3,(H,22,24)/t13-/m0/s1. The van der Waals surface area contributed by atoms with E-state index < -0.39 is 10.0 Å². The van der Waals surface area contributed by atoms with Gasteiger partial charge in [-0.15, -0.1) is 0 Å². The molecule has 0 spiro atoms. The number of sulfonamides is 1. The predicted octanol–water partition coefficient (Wildman–Crippen LogP) is 4.48. The lowest BCUT2D eigenvalue weighted by molar-refractivity contribution is -0.123. The van der Waals surface area contributed by atoms with Gasteiger partial charge in [-0.3, -0.25) is 9.52 Å². The molecule has 0 fully saturated rings. The highest BCUT2D eigenvalue weighted by molar-refractivity contribution is 7.92. The fourth-order valence-corrected chi connectivity index (χ4v) is 3.81. The Kier molecular flexibility index (Phi) is 7.98. The fourth-order valence-electron chi connectivity index (χ4n) is 2.46. The largest absolute Gasteiger partial charge is 0.484 e. The van der Waals surface area contributed by atoms with Gasteiger partial charge in [-0.05, 0) is 55.8 Å². The van der Waals surface area contributed by atoms with E-state index in [0.29, 0.717) is 16.5 Å². The SMILES string of the molecule is CCC[C@H](C)NC(=O)COc1ccc(S(=O)(=O)Nc2ccc(Cl)c(Cl)c2)cc1. The highest BCUT2D eigenvalue weighted by Gasteiger charge is 2.15. The van der Waals surface area contributed by atoms with Gasteiger partial charge >= 0.3 is 0 Å². The first-order chi connectivity index (χ1) is 13.2. The summed E-state index contributed by atoms with van der Waals surface area (Å²) in [5.41, 5.74) is 0.299. The van der Waals surface area contributed by atoms with Gasteiger partial charge in [0, 0.05) is 6.04 Å². The van der Waals surface area contributed by atoms with E-state index in [2.05, 4.69) is 10.0 Å². The van der Waals surface area contributed by atoms with Crippen molar-refractivity contribution in [2.45, 2.75) is 37.6 Å². The lowest BCUT2D eigenvalue weighted by atomic mass is 10.2. The van der Waals surface area contributed by atoms with Crippen molar-refractivity contribution in [2.24, 2.45) is 0 Å². The van der Waals surface area contributed by atoms with E-state index in [1.54, 1.807) is 0 Å². The van der Waals surface area contributed by atoms with E-state index in [0.717, 1.165) is 12.8 Å². The Morgan fingerprint density at radius 3 is 2.39 bits per heavy atom. The molecule has 0 aromatic heterocycles. The Hall–Kier alpha value is -1.96. The summed E-state index contributed by atoms with van der Waals surface area (Å²) in [6.07, 6.45) is 1.87. The Morgan fingerprint density at radius 1 is 1.11 bits per heavy atom. The first-order valence-electron chi connectivity index (χ1n) is 8.71. The van der Waals surface area contributed by atoms with Crippen LogP contribution >= 0.6 is 23.2 Å². The highest BCUT2D eigenvalue weighted by atomic mass is 35.5. The maximum absolute atomic E-state index is 12.5. The van der Waals surface area contributed by atoms with Crippen LogP contribution in [0.15, 0.2) is 47.4 Å². The fraction of sp³-hybridized carbons (Fsp3) is 0.316. The van der Waals surface area contributed by atoms with Gasteiger partial charge in [0.15, 0.2) is 6.61 Å². The molecule has 0 bridgehead atoms. The molecule has 0 saturated carbocycles. The molecule has 152 valence electrons. The van der Waals surface area contributed by atoms with Gasteiger partial charge in [-0.1, -0.05) is 36.5 Å². The van der Waals surface area contributed by atoms with E-state index in [-0.39, 0.29) is 28.5 Å². The van der Waals surface area contributed by atoms with Crippen molar-refractivity contribution in [1.82, 2.24) is 5.32 Å². The summed E-state index contributed by atoms with van der Waals surface area (Å²) < 4.78 is 32.8. The average Bonchev–Trinajstić information content (AvgIpc) is 2.63. The molecule has 1 amide bonds. The summed E-state index contributed by atoms with van der Waals surface area (Å²) in [5.74, 6) is 0.172. The smallest absolute Gasteiger partial charge is 0.261 e. The van der Waals surface area contributed by atoms with Crippen LogP contribution in [0.5, 0.6) is 5.75 Å². The van der Waals surface area contributed by atoms with Crippen LogP contribution in [0, 0.1) is 0 Å².